The molecule has 1 aromatic heterocycles. The molecule has 1 aliphatic heterocycles. The molecular weight excluding hydrogens is 272 g/mol. The molecule has 6 heteroatoms. The van der Waals surface area contributed by atoms with E-state index in [2.05, 4.69) is 18.2 Å². The molecule has 1 saturated heterocycles. The van der Waals surface area contributed by atoms with E-state index in [9.17, 15) is 4.79 Å². The van der Waals surface area contributed by atoms with Crippen LogP contribution in [0.2, 0.25) is 0 Å². The first-order chi connectivity index (χ1) is 8.00. The van der Waals surface area contributed by atoms with Crippen LogP contribution in [0, 0.1) is 12.8 Å². The molecule has 1 fully saturated rings. The van der Waals surface area contributed by atoms with Gasteiger partial charge in [0.25, 0.3) is 5.91 Å². The lowest BCUT2D eigenvalue weighted by atomic mass is 10.1. The molecule has 1 aromatic rings. The van der Waals surface area contributed by atoms with E-state index in [1.54, 1.807) is 16.7 Å². The molecule has 2 heterocycles. The lowest BCUT2D eigenvalue weighted by Gasteiger charge is -2.25. The predicted molar refractivity (Wildman–Crippen MR) is 76.7 cm³/mol. The SMILES string of the molecule is Cc1cc(C(=O)N2C(=S)SC[C@@H]2C(C)C)sn1. The number of hydrogen-bond donors (Lipinski definition) is 0. The Morgan fingerprint density at radius 3 is 2.88 bits per heavy atom. The van der Waals surface area contributed by atoms with Crippen molar-refractivity contribution in [3.63, 3.8) is 0 Å². The van der Waals surface area contributed by atoms with E-state index < -0.39 is 0 Å². The summed E-state index contributed by atoms with van der Waals surface area (Å²) in [6.07, 6.45) is 0. The fourth-order valence-corrected chi connectivity index (χ4v) is 4.07. The summed E-state index contributed by atoms with van der Waals surface area (Å²) < 4.78 is 4.84. The Bertz CT molecular complexity index is 455. The van der Waals surface area contributed by atoms with E-state index in [-0.39, 0.29) is 11.9 Å². The Hall–Kier alpha value is -0.460. The van der Waals surface area contributed by atoms with Crippen LogP contribution in [-0.4, -0.2) is 31.3 Å². The van der Waals surface area contributed by atoms with Crippen LogP contribution in [0.1, 0.15) is 29.2 Å². The zero-order chi connectivity index (χ0) is 12.6. The molecule has 0 N–H and O–H groups in total. The second kappa shape index (κ2) is 5.04. The first kappa shape index (κ1) is 13.0. The number of thioether (sulfide) groups is 1. The molecule has 0 unspecified atom stereocenters. The molecule has 0 bridgehead atoms. The van der Waals surface area contributed by atoms with Gasteiger partial charge in [-0.1, -0.05) is 37.8 Å². The summed E-state index contributed by atoms with van der Waals surface area (Å²) in [5.41, 5.74) is 0.886. The van der Waals surface area contributed by atoms with Crippen LogP contribution >= 0.6 is 35.5 Å². The average Bonchev–Trinajstić information content (AvgIpc) is 2.83. The molecule has 0 saturated carbocycles. The second-order valence-electron chi connectivity index (χ2n) is 4.40. The van der Waals surface area contributed by atoms with Crippen LogP contribution in [0.4, 0.5) is 0 Å². The number of aromatic nitrogens is 1. The summed E-state index contributed by atoms with van der Waals surface area (Å²) in [5.74, 6) is 1.32. The predicted octanol–water partition coefficient (Wildman–Crippen LogP) is 2.95. The number of amides is 1. The minimum absolute atomic E-state index is 0.00398. The van der Waals surface area contributed by atoms with Crippen LogP contribution in [0.3, 0.4) is 0 Å². The maximum atomic E-state index is 12.4. The van der Waals surface area contributed by atoms with Crippen molar-refractivity contribution in [2.45, 2.75) is 26.8 Å². The fraction of sp³-hybridized carbons (Fsp3) is 0.545. The van der Waals surface area contributed by atoms with E-state index in [0.717, 1.165) is 11.4 Å². The Morgan fingerprint density at radius 1 is 1.65 bits per heavy atom. The third kappa shape index (κ3) is 2.53. The van der Waals surface area contributed by atoms with Gasteiger partial charge in [-0.3, -0.25) is 9.69 Å². The summed E-state index contributed by atoms with van der Waals surface area (Å²) >= 11 is 8.11. The maximum absolute atomic E-state index is 12.4. The Labute approximate surface area is 115 Å². The summed E-state index contributed by atoms with van der Waals surface area (Å²) in [6, 6.07) is 2.04. The van der Waals surface area contributed by atoms with Gasteiger partial charge in [-0.15, -0.1) is 0 Å². The number of nitrogens with zero attached hydrogens (tertiary/aromatic N) is 2. The van der Waals surface area contributed by atoms with Gasteiger partial charge >= 0.3 is 0 Å². The Balaban J connectivity index is 2.25. The fourth-order valence-electron chi connectivity index (χ4n) is 1.74. The molecule has 1 aliphatic rings. The number of rotatable bonds is 2. The van der Waals surface area contributed by atoms with Crippen molar-refractivity contribution >= 4 is 45.7 Å². The van der Waals surface area contributed by atoms with Crippen LogP contribution in [0.5, 0.6) is 0 Å². The number of thiocarbonyl (C=S) groups is 1. The second-order valence-corrected chi connectivity index (χ2v) is 6.85. The topological polar surface area (TPSA) is 33.2 Å². The Morgan fingerprint density at radius 2 is 2.35 bits per heavy atom. The van der Waals surface area contributed by atoms with E-state index in [1.807, 2.05) is 13.0 Å². The first-order valence-corrected chi connectivity index (χ1v) is 7.61. The van der Waals surface area contributed by atoms with Gasteiger partial charge in [0, 0.05) is 5.75 Å². The van der Waals surface area contributed by atoms with Crippen molar-refractivity contribution in [3.8, 4) is 0 Å². The zero-order valence-corrected chi connectivity index (χ0v) is 12.4. The van der Waals surface area contributed by atoms with Gasteiger partial charge in [0.1, 0.15) is 9.20 Å². The smallest absolute Gasteiger partial charge is 0.271 e. The standard InChI is InChI=1S/C11H14N2OS3/c1-6(2)8-5-16-11(15)13(8)10(14)9-4-7(3)12-17-9/h4,6,8H,5H2,1-3H3/t8-/m1/s1. The third-order valence-corrected chi connectivity index (χ3v) is 5.10. The van der Waals surface area contributed by atoms with Crippen molar-refractivity contribution in [1.29, 1.82) is 0 Å². The number of carbonyl (C=O) groups is 1. The monoisotopic (exact) mass is 286 g/mol. The normalized spacial score (nSPS) is 20.4. The van der Waals surface area contributed by atoms with Crippen molar-refractivity contribution in [2.24, 2.45) is 5.92 Å². The van der Waals surface area contributed by atoms with E-state index in [1.165, 1.54) is 11.5 Å². The molecule has 2 rings (SSSR count). The van der Waals surface area contributed by atoms with Crippen molar-refractivity contribution in [3.05, 3.63) is 16.6 Å². The quantitative estimate of drug-likeness (QED) is 0.783. The molecule has 0 radical (unpaired) electrons. The van der Waals surface area contributed by atoms with Crippen LogP contribution in [-0.2, 0) is 0 Å². The van der Waals surface area contributed by atoms with Gasteiger partial charge in [0.2, 0.25) is 0 Å². The highest BCUT2D eigenvalue weighted by Gasteiger charge is 2.36. The summed E-state index contributed by atoms with van der Waals surface area (Å²) in [7, 11) is 0. The van der Waals surface area contributed by atoms with Gasteiger partial charge in [-0.05, 0) is 30.4 Å². The average molecular weight is 286 g/mol. The highest BCUT2D eigenvalue weighted by atomic mass is 32.2. The van der Waals surface area contributed by atoms with Crippen LogP contribution in [0.15, 0.2) is 6.07 Å². The molecule has 1 amide bonds. The highest BCUT2D eigenvalue weighted by Crippen LogP contribution is 2.31. The summed E-state index contributed by atoms with van der Waals surface area (Å²) in [4.78, 5) is 14.8. The van der Waals surface area contributed by atoms with Crippen molar-refractivity contribution < 1.29 is 4.79 Å². The van der Waals surface area contributed by atoms with Crippen LogP contribution < -0.4 is 0 Å². The molecular formula is C11H14N2OS3. The van der Waals surface area contributed by atoms with Gasteiger partial charge < -0.3 is 0 Å². The van der Waals surface area contributed by atoms with Gasteiger partial charge in [-0.2, -0.15) is 4.37 Å². The van der Waals surface area contributed by atoms with E-state index >= 15 is 0 Å². The molecule has 0 aliphatic carbocycles. The van der Waals surface area contributed by atoms with Crippen LogP contribution in [0.25, 0.3) is 0 Å². The summed E-state index contributed by atoms with van der Waals surface area (Å²) in [6.45, 7) is 6.14. The summed E-state index contributed by atoms with van der Waals surface area (Å²) in [5, 5.41) is 0. The third-order valence-electron chi connectivity index (χ3n) is 2.73. The Kier molecular flexibility index (Phi) is 3.85. The van der Waals surface area contributed by atoms with Crippen molar-refractivity contribution in [2.75, 3.05) is 5.75 Å². The maximum Gasteiger partial charge on any atom is 0.271 e. The molecule has 3 nitrogen and oxygen atoms in total. The lowest BCUT2D eigenvalue weighted by Crippen LogP contribution is -2.41. The number of aryl methyl sites for hydroxylation is 1. The van der Waals surface area contributed by atoms with Gasteiger partial charge in [0.05, 0.1) is 11.7 Å². The minimum atomic E-state index is 0.00398. The van der Waals surface area contributed by atoms with Crippen molar-refractivity contribution in [1.82, 2.24) is 9.27 Å². The molecule has 0 spiro atoms. The minimum Gasteiger partial charge on any atom is -0.289 e. The highest BCUT2D eigenvalue weighted by molar-refractivity contribution is 8.23. The molecule has 17 heavy (non-hydrogen) atoms. The molecule has 1 atom stereocenters. The molecule has 92 valence electrons. The number of hydrogen-bond acceptors (Lipinski definition) is 5. The first-order valence-electron chi connectivity index (χ1n) is 5.44. The lowest BCUT2D eigenvalue weighted by molar-refractivity contribution is 0.0805. The van der Waals surface area contributed by atoms with E-state index in [0.29, 0.717) is 15.1 Å². The zero-order valence-electron chi connectivity index (χ0n) is 9.97. The largest absolute Gasteiger partial charge is 0.289 e. The van der Waals surface area contributed by atoms with Gasteiger partial charge in [-0.25, -0.2) is 0 Å². The van der Waals surface area contributed by atoms with E-state index in [4.69, 9.17) is 12.2 Å². The molecule has 0 aromatic carbocycles. The van der Waals surface area contributed by atoms with Gasteiger partial charge in [0.15, 0.2) is 0 Å². The number of carbonyl (C=O) groups excluding carboxylic acids is 1.